The van der Waals surface area contributed by atoms with Gasteiger partial charge in [0, 0.05) is 32.6 Å². The minimum absolute atomic E-state index is 0.0503. The van der Waals surface area contributed by atoms with E-state index < -0.39 is 26.6 Å². The van der Waals surface area contributed by atoms with Crippen molar-refractivity contribution in [2.24, 2.45) is 5.92 Å². The highest BCUT2D eigenvalue weighted by Gasteiger charge is 2.30. The summed E-state index contributed by atoms with van der Waals surface area (Å²) in [4.78, 5) is 21.4. The Morgan fingerprint density at radius 1 is 1.62 bits per heavy atom. The number of halogens is 1. The van der Waals surface area contributed by atoms with Crippen LogP contribution in [-0.4, -0.2) is 44.2 Å². The molecule has 0 saturated carbocycles. The molecule has 0 aliphatic rings. The van der Waals surface area contributed by atoms with E-state index >= 15 is 0 Å². The van der Waals surface area contributed by atoms with Crippen molar-refractivity contribution in [3.8, 4) is 0 Å². The predicted octanol–water partition coefficient (Wildman–Crippen LogP) is 1.31. The molecule has 0 aliphatic heterocycles. The van der Waals surface area contributed by atoms with Gasteiger partial charge in [-0.2, -0.15) is 4.31 Å². The van der Waals surface area contributed by atoms with E-state index in [1.807, 2.05) is 0 Å². The third kappa shape index (κ3) is 3.90. The van der Waals surface area contributed by atoms with Gasteiger partial charge < -0.3 is 5.32 Å². The first kappa shape index (κ1) is 17.8. The second-order valence-electron chi connectivity index (χ2n) is 4.28. The number of hydrogen-bond acceptors (Lipinski definition) is 6. The second kappa shape index (κ2) is 6.69. The lowest BCUT2D eigenvalue weighted by atomic mass is 10.2. The number of sulfonamides is 1. The van der Waals surface area contributed by atoms with Crippen molar-refractivity contribution >= 4 is 44.6 Å². The summed E-state index contributed by atoms with van der Waals surface area (Å²) in [5.74, 6) is -0.854. The van der Waals surface area contributed by atoms with Gasteiger partial charge in [0.25, 0.3) is 15.7 Å². The monoisotopic (exact) mass is 355 g/mol. The average Bonchev–Trinajstić information content (AvgIpc) is 2.80. The summed E-state index contributed by atoms with van der Waals surface area (Å²) in [6.45, 7) is 1.53. The Bertz CT molecular complexity index is 658. The molecule has 0 saturated heterocycles. The van der Waals surface area contributed by atoms with E-state index in [0.717, 1.165) is 10.4 Å². The molecule has 0 fully saturated rings. The Morgan fingerprint density at radius 2 is 2.19 bits per heavy atom. The van der Waals surface area contributed by atoms with Crippen LogP contribution in [0.1, 0.15) is 6.92 Å². The highest BCUT2D eigenvalue weighted by molar-refractivity contribution is 7.91. The maximum Gasteiger partial charge on any atom is 0.300 e. The Hall–Kier alpha value is -1.23. The normalized spacial score (nSPS) is 13.2. The van der Waals surface area contributed by atoms with Crippen molar-refractivity contribution in [2.45, 2.75) is 11.1 Å². The molecule has 0 aromatic carbocycles. The summed E-state index contributed by atoms with van der Waals surface area (Å²) < 4.78 is 25.1. The minimum atomic E-state index is -3.93. The van der Waals surface area contributed by atoms with Crippen LogP contribution >= 0.6 is 22.9 Å². The molecule has 0 radical (unpaired) electrons. The summed E-state index contributed by atoms with van der Waals surface area (Å²) >= 11 is 6.27. The molecular formula is C10H14ClN3O5S2. The summed E-state index contributed by atoms with van der Waals surface area (Å²) in [5, 5.41) is 13.1. The molecule has 0 bridgehead atoms. The first-order valence-electron chi connectivity index (χ1n) is 5.73. The van der Waals surface area contributed by atoms with Gasteiger partial charge in [-0.3, -0.25) is 14.9 Å². The van der Waals surface area contributed by atoms with Gasteiger partial charge in [0.2, 0.25) is 5.91 Å². The van der Waals surface area contributed by atoms with Gasteiger partial charge in [-0.05, 0) is 0 Å². The fourth-order valence-electron chi connectivity index (χ4n) is 1.56. The number of carbonyl (C=O) groups is 1. The summed E-state index contributed by atoms with van der Waals surface area (Å²) in [6.07, 6.45) is 0. The van der Waals surface area contributed by atoms with Gasteiger partial charge in [-0.15, -0.1) is 11.3 Å². The summed E-state index contributed by atoms with van der Waals surface area (Å²) in [7, 11) is -1.17. The SMILES string of the molecule is CNC(=O)C(C)CN(C)S(=O)(=O)c1cc([N+](=O)[O-])c(Cl)s1. The molecule has 1 unspecified atom stereocenters. The molecule has 1 rings (SSSR count). The number of carbonyl (C=O) groups excluding carboxylic acids is 1. The third-order valence-corrected chi connectivity index (χ3v) is 6.34. The highest BCUT2D eigenvalue weighted by Crippen LogP contribution is 2.37. The molecule has 1 aromatic heterocycles. The van der Waals surface area contributed by atoms with Gasteiger partial charge in [0.1, 0.15) is 4.21 Å². The van der Waals surface area contributed by atoms with Crippen LogP contribution in [-0.2, 0) is 14.8 Å². The third-order valence-electron chi connectivity index (χ3n) is 2.73. The lowest BCUT2D eigenvalue weighted by Crippen LogP contribution is -2.37. The van der Waals surface area contributed by atoms with E-state index in [1.54, 1.807) is 6.92 Å². The molecule has 11 heteroatoms. The van der Waals surface area contributed by atoms with Crippen LogP contribution in [0, 0.1) is 16.0 Å². The van der Waals surface area contributed by atoms with Crippen LogP contribution in [0.5, 0.6) is 0 Å². The molecule has 0 spiro atoms. The average molecular weight is 356 g/mol. The Balaban J connectivity index is 3.03. The lowest BCUT2D eigenvalue weighted by Gasteiger charge is -2.19. The molecule has 8 nitrogen and oxygen atoms in total. The van der Waals surface area contributed by atoms with Crippen LogP contribution < -0.4 is 5.32 Å². The fourth-order valence-corrected chi connectivity index (χ4v) is 4.69. The number of hydrogen-bond donors (Lipinski definition) is 1. The van der Waals surface area contributed by atoms with Gasteiger partial charge in [-0.25, -0.2) is 8.42 Å². The standard InChI is InChI=1S/C10H14ClN3O5S2/c1-6(10(15)12-2)5-13(3)21(18,19)8-4-7(14(16)17)9(11)20-8/h4,6H,5H2,1-3H3,(H,12,15). The highest BCUT2D eigenvalue weighted by atomic mass is 35.5. The van der Waals surface area contributed by atoms with E-state index in [9.17, 15) is 23.3 Å². The first-order valence-corrected chi connectivity index (χ1v) is 8.36. The van der Waals surface area contributed by atoms with Crippen LogP contribution in [0.3, 0.4) is 0 Å². The number of nitrogens with zero attached hydrogens (tertiary/aromatic N) is 2. The smallest absolute Gasteiger partial charge is 0.300 e. The Labute approximate surface area is 130 Å². The van der Waals surface area contributed by atoms with Crippen molar-refractivity contribution in [1.82, 2.24) is 9.62 Å². The second-order valence-corrected chi connectivity index (χ2v) is 8.21. The van der Waals surface area contributed by atoms with Crippen molar-refractivity contribution in [3.05, 3.63) is 20.5 Å². The fraction of sp³-hybridized carbons (Fsp3) is 0.500. The molecule has 1 aromatic rings. The van der Waals surface area contributed by atoms with Crippen LogP contribution in [0.2, 0.25) is 4.34 Å². The maximum absolute atomic E-state index is 12.3. The van der Waals surface area contributed by atoms with E-state index in [-0.39, 0.29) is 21.0 Å². The molecule has 118 valence electrons. The van der Waals surface area contributed by atoms with Crippen molar-refractivity contribution in [2.75, 3.05) is 20.6 Å². The zero-order valence-electron chi connectivity index (χ0n) is 11.5. The molecule has 1 atom stereocenters. The minimum Gasteiger partial charge on any atom is -0.359 e. The van der Waals surface area contributed by atoms with Crippen molar-refractivity contribution in [1.29, 1.82) is 0 Å². The molecule has 0 aliphatic carbocycles. The molecular weight excluding hydrogens is 342 g/mol. The van der Waals surface area contributed by atoms with E-state index in [4.69, 9.17) is 11.6 Å². The van der Waals surface area contributed by atoms with Crippen molar-refractivity contribution < 1.29 is 18.1 Å². The van der Waals surface area contributed by atoms with E-state index in [2.05, 4.69) is 5.32 Å². The molecule has 1 N–H and O–H groups in total. The lowest BCUT2D eigenvalue weighted by molar-refractivity contribution is -0.384. The van der Waals surface area contributed by atoms with E-state index in [1.165, 1.54) is 14.1 Å². The zero-order valence-corrected chi connectivity index (χ0v) is 13.9. The molecule has 21 heavy (non-hydrogen) atoms. The Kier molecular flexibility index (Phi) is 5.68. The number of nitro groups is 1. The number of amides is 1. The molecule has 1 amide bonds. The summed E-state index contributed by atoms with van der Waals surface area (Å²) in [5.41, 5.74) is -0.451. The summed E-state index contributed by atoms with van der Waals surface area (Å²) in [6, 6.07) is 0.920. The number of thiophene rings is 1. The van der Waals surface area contributed by atoms with Crippen LogP contribution in [0.4, 0.5) is 5.69 Å². The largest absolute Gasteiger partial charge is 0.359 e. The van der Waals surface area contributed by atoms with E-state index in [0.29, 0.717) is 11.3 Å². The van der Waals surface area contributed by atoms with Gasteiger partial charge in [0.15, 0.2) is 4.34 Å². The topological polar surface area (TPSA) is 110 Å². The number of rotatable bonds is 6. The van der Waals surface area contributed by atoms with Gasteiger partial charge >= 0.3 is 0 Å². The van der Waals surface area contributed by atoms with Crippen molar-refractivity contribution in [3.63, 3.8) is 0 Å². The van der Waals surface area contributed by atoms with Gasteiger partial charge in [0.05, 0.1) is 4.92 Å². The quantitative estimate of drug-likeness (QED) is 0.611. The van der Waals surface area contributed by atoms with Crippen LogP contribution in [0.25, 0.3) is 0 Å². The number of nitrogens with one attached hydrogen (secondary N) is 1. The van der Waals surface area contributed by atoms with Gasteiger partial charge in [-0.1, -0.05) is 18.5 Å². The zero-order chi connectivity index (χ0) is 16.4. The molecule has 1 heterocycles. The predicted molar refractivity (Wildman–Crippen MR) is 79.0 cm³/mol. The maximum atomic E-state index is 12.3. The Morgan fingerprint density at radius 3 is 2.62 bits per heavy atom. The first-order chi connectivity index (χ1) is 9.61. The van der Waals surface area contributed by atoms with Crippen LogP contribution in [0.15, 0.2) is 10.3 Å².